The van der Waals surface area contributed by atoms with Crippen LogP contribution >= 0.6 is 0 Å². The summed E-state index contributed by atoms with van der Waals surface area (Å²) in [6.07, 6.45) is 6.41. The molecular weight excluding hydrogens is 328 g/mol. The minimum absolute atomic E-state index is 0.0423. The third-order valence-electron chi connectivity index (χ3n) is 5.23. The summed E-state index contributed by atoms with van der Waals surface area (Å²) in [6, 6.07) is 10.0. The molecule has 26 heavy (non-hydrogen) atoms. The van der Waals surface area contributed by atoms with Gasteiger partial charge >= 0.3 is 0 Å². The van der Waals surface area contributed by atoms with Crippen LogP contribution < -0.4 is 4.74 Å². The summed E-state index contributed by atoms with van der Waals surface area (Å²) in [5.74, 6) is 1.53. The topological polar surface area (TPSA) is 45.9 Å². The first-order valence-electron chi connectivity index (χ1n) is 9.28. The molecule has 5 nitrogen and oxygen atoms in total. The molecule has 1 aromatic heterocycles. The molecule has 0 radical (unpaired) electrons. The summed E-state index contributed by atoms with van der Waals surface area (Å²) in [5.41, 5.74) is 1.97. The first kappa shape index (κ1) is 18.5. The first-order valence-corrected chi connectivity index (χ1v) is 9.28. The van der Waals surface area contributed by atoms with E-state index >= 15 is 0 Å². The smallest absolute Gasteiger partial charge is 0.256 e. The van der Waals surface area contributed by atoms with E-state index in [1.165, 1.54) is 11.8 Å². The number of amides is 1. The third kappa shape index (κ3) is 4.88. The lowest BCUT2D eigenvalue weighted by Gasteiger charge is -2.33. The van der Waals surface area contributed by atoms with E-state index in [0.717, 1.165) is 51.2 Å². The number of methoxy groups -OCH3 is 1. The maximum absolute atomic E-state index is 12.3. The van der Waals surface area contributed by atoms with Crippen molar-refractivity contribution in [3.63, 3.8) is 0 Å². The quantitative estimate of drug-likeness (QED) is 0.763. The highest BCUT2D eigenvalue weighted by Gasteiger charge is 2.22. The largest absolute Gasteiger partial charge is 0.497 e. The number of ether oxygens (including phenoxy) is 1. The van der Waals surface area contributed by atoms with Gasteiger partial charge in [0.2, 0.25) is 0 Å². The Morgan fingerprint density at radius 1 is 1.23 bits per heavy atom. The number of hydrogen-bond acceptors (Lipinski definition) is 4. The fourth-order valence-corrected chi connectivity index (χ4v) is 3.55. The van der Waals surface area contributed by atoms with Gasteiger partial charge in [-0.1, -0.05) is 12.1 Å². The van der Waals surface area contributed by atoms with E-state index in [1.807, 2.05) is 24.1 Å². The predicted molar refractivity (Wildman–Crippen MR) is 102 cm³/mol. The van der Waals surface area contributed by atoms with Crippen molar-refractivity contribution in [2.75, 3.05) is 40.3 Å². The number of hydrogen-bond donors (Lipinski definition) is 0. The molecule has 1 aliphatic heterocycles. The maximum atomic E-state index is 12.3. The van der Waals surface area contributed by atoms with Crippen LogP contribution in [0, 0.1) is 5.92 Å². The molecule has 0 spiro atoms. The van der Waals surface area contributed by atoms with Gasteiger partial charge in [0.05, 0.1) is 18.9 Å². The van der Waals surface area contributed by atoms with E-state index < -0.39 is 0 Å². The molecule has 0 saturated carbocycles. The normalized spacial score (nSPS) is 15.8. The Balaban J connectivity index is 1.39. The van der Waals surface area contributed by atoms with Gasteiger partial charge in [0.25, 0.3) is 5.91 Å². The molecule has 1 aromatic carbocycles. The maximum Gasteiger partial charge on any atom is 0.256 e. The van der Waals surface area contributed by atoms with E-state index in [4.69, 9.17) is 9.15 Å². The third-order valence-corrected chi connectivity index (χ3v) is 5.23. The molecule has 1 saturated heterocycles. The van der Waals surface area contributed by atoms with Crippen LogP contribution in [0.15, 0.2) is 47.3 Å². The molecule has 1 aliphatic rings. The standard InChI is InChI=1S/C21H28N2O3/c1-22(21(24)19-10-14-26-16-19)15-18-8-12-23(13-9-18)11-7-17-3-5-20(25-2)6-4-17/h3-6,10,14,16,18H,7-9,11-13,15H2,1-2H3. The van der Waals surface area contributed by atoms with Gasteiger partial charge in [0.1, 0.15) is 12.0 Å². The van der Waals surface area contributed by atoms with Crippen molar-refractivity contribution in [2.45, 2.75) is 19.3 Å². The Morgan fingerprint density at radius 3 is 2.58 bits per heavy atom. The number of nitrogens with zero attached hydrogens (tertiary/aromatic N) is 2. The van der Waals surface area contributed by atoms with Crippen LogP contribution in [0.2, 0.25) is 0 Å². The fraction of sp³-hybridized carbons (Fsp3) is 0.476. The molecule has 1 fully saturated rings. The Labute approximate surface area is 155 Å². The van der Waals surface area contributed by atoms with Crippen LogP contribution in [0.25, 0.3) is 0 Å². The summed E-state index contributed by atoms with van der Waals surface area (Å²) in [5, 5.41) is 0. The van der Waals surface area contributed by atoms with Crippen molar-refractivity contribution >= 4 is 5.91 Å². The minimum atomic E-state index is 0.0423. The summed E-state index contributed by atoms with van der Waals surface area (Å²) in [7, 11) is 3.57. The number of carbonyl (C=O) groups excluding carboxylic acids is 1. The summed E-state index contributed by atoms with van der Waals surface area (Å²) in [6.45, 7) is 4.11. The fourth-order valence-electron chi connectivity index (χ4n) is 3.55. The lowest BCUT2D eigenvalue weighted by Crippen LogP contribution is -2.40. The number of benzene rings is 1. The highest BCUT2D eigenvalue weighted by atomic mass is 16.5. The second-order valence-electron chi connectivity index (χ2n) is 7.08. The van der Waals surface area contributed by atoms with Crippen molar-refractivity contribution < 1.29 is 13.9 Å². The Bertz CT molecular complexity index is 674. The Morgan fingerprint density at radius 2 is 1.96 bits per heavy atom. The van der Waals surface area contributed by atoms with Crippen molar-refractivity contribution in [1.29, 1.82) is 0 Å². The number of piperidine rings is 1. The van der Waals surface area contributed by atoms with Gasteiger partial charge < -0.3 is 19.0 Å². The van der Waals surface area contributed by atoms with Crippen molar-refractivity contribution in [2.24, 2.45) is 5.92 Å². The molecule has 0 atom stereocenters. The molecular formula is C21H28N2O3. The zero-order valence-corrected chi connectivity index (χ0v) is 15.7. The number of carbonyl (C=O) groups is 1. The van der Waals surface area contributed by atoms with Crippen LogP contribution in [0.5, 0.6) is 5.75 Å². The first-order chi connectivity index (χ1) is 12.7. The molecule has 1 amide bonds. The number of rotatable bonds is 7. The van der Waals surface area contributed by atoms with Gasteiger partial charge in [-0.2, -0.15) is 0 Å². The second-order valence-corrected chi connectivity index (χ2v) is 7.08. The molecule has 0 bridgehead atoms. The van der Waals surface area contributed by atoms with E-state index in [-0.39, 0.29) is 5.91 Å². The van der Waals surface area contributed by atoms with Gasteiger partial charge in [-0.05, 0) is 62.0 Å². The second kappa shape index (κ2) is 8.90. The highest BCUT2D eigenvalue weighted by molar-refractivity contribution is 5.93. The monoisotopic (exact) mass is 356 g/mol. The van der Waals surface area contributed by atoms with Crippen molar-refractivity contribution in [3.05, 3.63) is 54.0 Å². The van der Waals surface area contributed by atoms with Crippen LogP contribution in [-0.2, 0) is 6.42 Å². The number of likely N-dealkylation sites (tertiary alicyclic amines) is 1. The lowest BCUT2D eigenvalue weighted by atomic mass is 9.95. The van der Waals surface area contributed by atoms with Crippen LogP contribution in [-0.4, -0.2) is 56.0 Å². The molecule has 2 heterocycles. The van der Waals surface area contributed by atoms with Crippen molar-refractivity contribution in [1.82, 2.24) is 9.80 Å². The molecule has 140 valence electrons. The van der Waals surface area contributed by atoms with Gasteiger partial charge in [-0.15, -0.1) is 0 Å². The van der Waals surface area contributed by atoms with Gasteiger partial charge in [0.15, 0.2) is 0 Å². The van der Waals surface area contributed by atoms with Gasteiger partial charge in [0, 0.05) is 20.1 Å². The van der Waals surface area contributed by atoms with Gasteiger partial charge in [-0.3, -0.25) is 4.79 Å². The van der Waals surface area contributed by atoms with Crippen LogP contribution in [0.1, 0.15) is 28.8 Å². The average Bonchev–Trinajstić information content (AvgIpc) is 3.22. The van der Waals surface area contributed by atoms with E-state index in [9.17, 15) is 4.79 Å². The number of furan rings is 1. The lowest BCUT2D eigenvalue weighted by molar-refractivity contribution is 0.0739. The predicted octanol–water partition coefficient (Wildman–Crippen LogP) is 3.31. The summed E-state index contributed by atoms with van der Waals surface area (Å²) < 4.78 is 10.2. The average molecular weight is 356 g/mol. The van der Waals surface area contributed by atoms with Gasteiger partial charge in [-0.25, -0.2) is 0 Å². The van der Waals surface area contributed by atoms with Crippen LogP contribution in [0.3, 0.4) is 0 Å². The molecule has 5 heteroatoms. The van der Waals surface area contributed by atoms with Crippen LogP contribution in [0.4, 0.5) is 0 Å². The Hall–Kier alpha value is -2.27. The zero-order valence-electron chi connectivity index (χ0n) is 15.7. The Kier molecular flexibility index (Phi) is 6.34. The molecule has 0 N–H and O–H groups in total. The van der Waals surface area contributed by atoms with E-state index in [2.05, 4.69) is 17.0 Å². The SMILES string of the molecule is COc1ccc(CCN2CCC(CN(C)C(=O)c3ccoc3)CC2)cc1. The molecule has 0 aliphatic carbocycles. The summed E-state index contributed by atoms with van der Waals surface area (Å²) >= 11 is 0. The summed E-state index contributed by atoms with van der Waals surface area (Å²) in [4.78, 5) is 16.6. The minimum Gasteiger partial charge on any atom is -0.497 e. The van der Waals surface area contributed by atoms with E-state index in [0.29, 0.717) is 11.5 Å². The van der Waals surface area contributed by atoms with E-state index in [1.54, 1.807) is 19.4 Å². The molecule has 2 aromatic rings. The zero-order chi connectivity index (χ0) is 18.4. The highest BCUT2D eigenvalue weighted by Crippen LogP contribution is 2.20. The molecule has 0 unspecified atom stereocenters. The molecule has 3 rings (SSSR count). The van der Waals surface area contributed by atoms with Crippen molar-refractivity contribution in [3.8, 4) is 5.75 Å².